The van der Waals surface area contributed by atoms with Crippen molar-refractivity contribution in [1.82, 2.24) is 25.2 Å². The van der Waals surface area contributed by atoms with Gasteiger partial charge in [-0.2, -0.15) is 0 Å². The van der Waals surface area contributed by atoms with Gasteiger partial charge in [-0.05, 0) is 12.8 Å². The second-order valence-corrected chi connectivity index (χ2v) is 4.85. The Morgan fingerprint density at radius 3 is 2.75 bits per heavy atom. The first-order valence-electron chi connectivity index (χ1n) is 6.16. The van der Waals surface area contributed by atoms with Crippen molar-refractivity contribution in [1.29, 1.82) is 0 Å². The molecule has 1 N–H and O–H groups in total. The van der Waals surface area contributed by atoms with Crippen molar-refractivity contribution < 1.29 is 0 Å². The second-order valence-electron chi connectivity index (χ2n) is 4.85. The van der Waals surface area contributed by atoms with Gasteiger partial charge in [-0.1, -0.05) is 5.21 Å². The molecule has 3 rings (SSSR count). The summed E-state index contributed by atoms with van der Waals surface area (Å²) < 4.78 is 1.97. The lowest BCUT2D eigenvalue weighted by Crippen LogP contribution is -2.43. The topological polar surface area (TPSA) is 46.0 Å². The van der Waals surface area contributed by atoms with E-state index in [9.17, 15) is 0 Å². The Bertz CT molecular complexity index is 362. The van der Waals surface area contributed by atoms with Crippen LogP contribution in [0.25, 0.3) is 0 Å². The zero-order valence-corrected chi connectivity index (χ0v) is 9.82. The Balaban J connectivity index is 1.73. The summed E-state index contributed by atoms with van der Waals surface area (Å²) in [7, 11) is 2.02. The molecule has 0 unspecified atom stereocenters. The van der Waals surface area contributed by atoms with Crippen molar-refractivity contribution in [3.05, 3.63) is 11.4 Å². The smallest absolute Gasteiger partial charge is 0.100 e. The van der Waals surface area contributed by atoms with Gasteiger partial charge in [0.2, 0.25) is 0 Å². The van der Waals surface area contributed by atoms with E-state index in [0.717, 1.165) is 38.6 Å². The summed E-state index contributed by atoms with van der Waals surface area (Å²) in [4.78, 5) is 2.46. The molecule has 2 heterocycles. The van der Waals surface area contributed by atoms with E-state index in [-0.39, 0.29) is 0 Å². The molecule has 0 radical (unpaired) electrons. The molecule has 1 aromatic heterocycles. The largest absolute Gasteiger partial charge is 0.314 e. The fourth-order valence-corrected chi connectivity index (χ4v) is 2.46. The third-order valence-electron chi connectivity index (χ3n) is 3.49. The highest BCUT2D eigenvalue weighted by Gasteiger charge is 2.30. The Morgan fingerprint density at radius 1 is 1.31 bits per heavy atom. The molecule has 1 aromatic rings. The van der Waals surface area contributed by atoms with Gasteiger partial charge in [0, 0.05) is 45.7 Å². The summed E-state index contributed by atoms with van der Waals surface area (Å²) >= 11 is 0. The molecule has 0 bridgehead atoms. The highest BCUT2D eigenvalue weighted by molar-refractivity contribution is 5.20. The molecule has 1 aliphatic heterocycles. The molecule has 2 fully saturated rings. The lowest BCUT2D eigenvalue weighted by Gasteiger charge is -2.26. The summed E-state index contributed by atoms with van der Waals surface area (Å²) in [6.07, 6.45) is 2.63. The van der Waals surface area contributed by atoms with E-state index >= 15 is 0 Å². The lowest BCUT2D eigenvalue weighted by atomic mass is 10.2. The van der Waals surface area contributed by atoms with Crippen LogP contribution in [0.5, 0.6) is 0 Å². The zero-order valence-electron chi connectivity index (χ0n) is 9.82. The van der Waals surface area contributed by atoms with Crippen molar-refractivity contribution in [3.8, 4) is 0 Å². The molecule has 1 saturated heterocycles. The van der Waals surface area contributed by atoms with Gasteiger partial charge in [0.15, 0.2) is 0 Å². The number of piperazine rings is 1. The van der Waals surface area contributed by atoms with Crippen LogP contribution in [0.2, 0.25) is 0 Å². The molecule has 1 saturated carbocycles. The number of nitrogens with one attached hydrogen (secondary N) is 1. The van der Waals surface area contributed by atoms with E-state index in [2.05, 4.69) is 20.5 Å². The first-order valence-corrected chi connectivity index (χ1v) is 6.16. The van der Waals surface area contributed by atoms with Gasteiger partial charge >= 0.3 is 0 Å². The van der Waals surface area contributed by atoms with E-state index < -0.39 is 0 Å². The number of hydrogen-bond donors (Lipinski definition) is 1. The molecule has 0 aromatic carbocycles. The van der Waals surface area contributed by atoms with Gasteiger partial charge in [-0.25, -0.2) is 0 Å². The lowest BCUT2D eigenvalue weighted by molar-refractivity contribution is 0.230. The van der Waals surface area contributed by atoms with E-state index in [4.69, 9.17) is 0 Å². The minimum atomic E-state index is 0.734. The van der Waals surface area contributed by atoms with Crippen molar-refractivity contribution in [2.24, 2.45) is 7.05 Å². The minimum Gasteiger partial charge on any atom is -0.314 e. The maximum atomic E-state index is 4.32. The Hall–Kier alpha value is -0.940. The molecule has 2 aliphatic rings. The fourth-order valence-electron chi connectivity index (χ4n) is 2.46. The number of aromatic nitrogens is 3. The van der Waals surface area contributed by atoms with Crippen LogP contribution in [0, 0.1) is 0 Å². The van der Waals surface area contributed by atoms with Crippen molar-refractivity contribution >= 4 is 0 Å². The van der Waals surface area contributed by atoms with Crippen LogP contribution in [-0.2, 0) is 13.6 Å². The van der Waals surface area contributed by atoms with Gasteiger partial charge in [-0.15, -0.1) is 5.10 Å². The predicted molar refractivity (Wildman–Crippen MR) is 61.1 cm³/mol. The number of aryl methyl sites for hydroxylation is 1. The molecule has 0 amide bonds. The monoisotopic (exact) mass is 221 g/mol. The van der Waals surface area contributed by atoms with Gasteiger partial charge in [-0.3, -0.25) is 9.58 Å². The van der Waals surface area contributed by atoms with Crippen molar-refractivity contribution in [2.45, 2.75) is 25.3 Å². The first-order chi connectivity index (χ1) is 7.84. The van der Waals surface area contributed by atoms with Crippen LogP contribution in [0.15, 0.2) is 0 Å². The van der Waals surface area contributed by atoms with E-state index in [1.807, 2.05) is 11.7 Å². The van der Waals surface area contributed by atoms with Gasteiger partial charge in [0.1, 0.15) is 5.69 Å². The van der Waals surface area contributed by atoms with Crippen LogP contribution >= 0.6 is 0 Å². The summed E-state index contributed by atoms with van der Waals surface area (Å²) in [5.74, 6) is 0.734. The zero-order chi connectivity index (χ0) is 11.0. The van der Waals surface area contributed by atoms with E-state index in [0.29, 0.717) is 0 Å². The van der Waals surface area contributed by atoms with Crippen LogP contribution in [-0.4, -0.2) is 46.1 Å². The summed E-state index contributed by atoms with van der Waals surface area (Å²) in [6, 6.07) is 0. The molecule has 0 atom stereocenters. The maximum Gasteiger partial charge on any atom is 0.100 e. The second kappa shape index (κ2) is 4.14. The van der Waals surface area contributed by atoms with Crippen molar-refractivity contribution in [3.63, 3.8) is 0 Å². The number of rotatable bonds is 3. The quantitative estimate of drug-likeness (QED) is 0.786. The standard InChI is InChI=1S/C11H19N5/c1-15-11(9-2-3-9)10(13-14-15)8-16-6-4-12-5-7-16/h9,12H,2-8H2,1H3. The molecule has 1 aliphatic carbocycles. The maximum absolute atomic E-state index is 4.32. The van der Waals surface area contributed by atoms with Gasteiger partial charge in [0.05, 0.1) is 5.69 Å². The third kappa shape index (κ3) is 1.97. The van der Waals surface area contributed by atoms with Crippen LogP contribution in [0.3, 0.4) is 0 Å². The summed E-state index contributed by atoms with van der Waals surface area (Å²) in [5, 5.41) is 11.9. The van der Waals surface area contributed by atoms with E-state index in [1.165, 1.54) is 24.2 Å². The van der Waals surface area contributed by atoms with Gasteiger partial charge < -0.3 is 5.32 Å². The van der Waals surface area contributed by atoms with Crippen LogP contribution in [0.1, 0.15) is 30.1 Å². The molecule has 88 valence electrons. The molecule has 5 nitrogen and oxygen atoms in total. The third-order valence-corrected chi connectivity index (χ3v) is 3.49. The molecule has 0 spiro atoms. The van der Waals surface area contributed by atoms with Crippen molar-refractivity contribution in [2.75, 3.05) is 26.2 Å². The highest BCUT2D eigenvalue weighted by atomic mass is 15.4. The SMILES string of the molecule is Cn1nnc(CN2CCNCC2)c1C1CC1. The highest BCUT2D eigenvalue weighted by Crippen LogP contribution is 2.41. The molecule has 5 heteroatoms. The molecular weight excluding hydrogens is 202 g/mol. The fraction of sp³-hybridized carbons (Fsp3) is 0.818. The first kappa shape index (κ1) is 10.2. The minimum absolute atomic E-state index is 0.734. The molecule has 16 heavy (non-hydrogen) atoms. The average molecular weight is 221 g/mol. The average Bonchev–Trinajstić information content (AvgIpc) is 3.07. The normalized spacial score (nSPS) is 22.6. The predicted octanol–water partition coefficient (Wildman–Crippen LogP) is 0.0977. The molecular formula is C11H19N5. The number of hydrogen-bond acceptors (Lipinski definition) is 4. The Kier molecular flexibility index (Phi) is 2.65. The Morgan fingerprint density at radius 2 is 2.06 bits per heavy atom. The summed E-state index contributed by atoms with van der Waals surface area (Å²) in [6.45, 7) is 5.42. The van der Waals surface area contributed by atoms with E-state index in [1.54, 1.807) is 0 Å². The Labute approximate surface area is 95.8 Å². The summed E-state index contributed by atoms with van der Waals surface area (Å²) in [5.41, 5.74) is 2.57. The van der Waals surface area contributed by atoms with Crippen LogP contribution < -0.4 is 5.32 Å². The number of nitrogens with zero attached hydrogens (tertiary/aromatic N) is 4. The van der Waals surface area contributed by atoms with Crippen LogP contribution in [0.4, 0.5) is 0 Å². The van der Waals surface area contributed by atoms with Gasteiger partial charge in [0.25, 0.3) is 0 Å².